The Morgan fingerprint density at radius 1 is 1.12 bits per heavy atom. The van der Waals surface area contributed by atoms with Crippen molar-refractivity contribution in [3.05, 3.63) is 67.0 Å². The maximum Gasteiger partial charge on any atom is 0.228 e. The fourth-order valence-corrected chi connectivity index (χ4v) is 6.03. The highest BCUT2D eigenvalue weighted by atomic mass is 16.2. The van der Waals surface area contributed by atoms with Crippen LogP contribution in [0.5, 0.6) is 0 Å². The Labute approximate surface area is 196 Å². The van der Waals surface area contributed by atoms with Gasteiger partial charge < -0.3 is 10.2 Å². The van der Waals surface area contributed by atoms with Gasteiger partial charge in [0.1, 0.15) is 0 Å². The van der Waals surface area contributed by atoms with E-state index in [1.165, 1.54) is 19.3 Å². The Morgan fingerprint density at radius 3 is 2.61 bits per heavy atom. The molecule has 2 saturated carbocycles. The van der Waals surface area contributed by atoms with Crippen molar-refractivity contribution in [2.24, 2.45) is 16.7 Å². The van der Waals surface area contributed by atoms with E-state index >= 15 is 0 Å². The molecule has 33 heavy (non-hydrogen) atoms. The molecule has 5 nitrogen and oxygen atoms in total. The van der Waals surface area contributed by atoms with Crippen LogP contribution in [0, 0.1) is 16.7 Å². The number of amides is 2. The summed E-state index contributed by atoms with van der Waals surface area (Å²) in [5.41, 5.74) is 3.01. The zero-order chi connectivity index (χ0) is 22.9. The summed E-state index contributed by atoms with van der Waals surface area (Å²) in [5.74, 6) is 0.485. The fourth-order valence-electron chi connectivity index (χ4n) is 6.03. The second-order valence-electron chi connectivity index (χ2n) is 10.2. The lowest BCUT2D eigenvalue weighted by molar-refractivity contribution is -0.143. The Hall–Kier alpha value is -2.95. The largest absolute Gasteiger partial charge is 0.352 e. The Morgan fingerprint density at radius 2 is 1.91 bits per heavy atom. The van der Waals surface area contributed by atoms with E-state index in [9.17, 15) is 9.59 Å². The van der Waals surface area contributed by atoms with Crippen molar-refractivity contribution >= 4 is 11.8 Å². The van der Waals surface area contributed by atoms with E-state index in [1.807, 2.05) is 29.2 Å². The summed E-state index contributed by atoms with van der Waals surface area (Å²) in [7, 11) is 0. The molecular weight excluding hydrogens is 410 g/mol. The maximum absolute atomic E-state index is 13.6. The summed E-state index contributed by atoms with van der Waals surface area (Å²) in [6.07, 6.45) is 12.2. The minimum atomic E-state index is -0.637. The third kappa shape index (κ3) is 4.09. The molecule has 2 aliphatic carbocycles. The molecule has 3 aliphatic rings. The van der Waals surface area contributed by atoms with Crippen LogP contribution in [0.3, 0.4) is 0 Å². The number of carbonyl (C=O) groups excluding carboxylic acids is 2. The van der Waals surface area contributed by atoms with Crippen molar-refractivity contribution in [2.45, 2.75) is 44.9 Å². The monoisotopic (exact) mass is 443 g/mol. The summed E-state index contributed by atoms with van der Waals surface area (Å²) in [6, 6.07) is 12.3. The van der Waals surface area contributed by atoms with E-state index in [0.29, 0.717) is 24.9 Å². The van der Waals surface area contributed by atoms with Gasteiger partial charge in [-0.3, -0.25) is 14.6 Å². The van der Waals surface area contributed by atoms with Gasteiger partial charge in [-0.15, -0.1) is 6.58 Å². The van der Waals surface area contributed by atoms with Crippen LogP contribution < -0.4 is 5.32 Å². The average molecular weight is 444 g/mol. The topological polar surface area (TPSA) is 62.3 Å². The summed E-state index contributed by atoms with van der Waals surface area (Å²) < 4.78 is 0. The molecule has 2 heterocycles. The fraction of sp³-hybridized carbons (Fsp3) is 0.464. The van der Waals surface area contributed by atoms with Crippen molar-refractivity contribution < 1.29 is 9.59 Å². The molecule has 1 saturated heterocycles. The predicted molar refractivity (Wildman–Crippen MR) is 129 cm³/mol. The van der Waals surface area contributed by atoms with Gasteiger partial charge in [0, 0.05) is 37.9 Å². The minimum absolute atomic E-state index is 0.0265. The highest BCUT2D eigenvalue weighted by Crippen LogP contribution is 2.66. The zero-order valence-electron chi connectivity index (χ0n) is 19.3. The number of nitrogens with one attached hydrogen (secondary N) is 1. The molecule has 2 atom stereocenters. The van der Waals surface area contributed by atoms with Crippen LogP contribution in [0.15, 0.2) is 61.4 Å². The summed E-state index contributed by atoms with van der Waals surface area (Å²) in [5, 5.41) is 3.06. The van der Waals surface area contributed by atoms with Gasteiger partial charge >= 0.3 is 0 Å². The van der Waals surface area contributed by atoms with E-state index in [1.54, 1.807) is 18.5 Å². The van der Waals surface area contributed by atoms with Crippen LogP contribution in [0.4, 0.5) is 0 Å². The van der Waals surface area contributed by atoms with Crippen LogP contribution in [-0.2, 0) is 16.0 Å². The van der Waals surface area contributed by atoms with Gasteiger partial charge in [-0.05, 0) is 72.8 Å². The van der Waals surface area contributed by atoms with Crippen molar-refractivity contribution in [3.8, 4) is 11.1 Å². The minimum Gasteiger partial charge on any atom is -0.352 e. The third-order valence-corrected chi connectivity index (χ3v) is 8.15. The van der Waals surface area contributed by atoms with Gasteiger partial charge in [-0.2, -0.15) is 0 Å². The molecule has 2 unspecified atom stereocenters. The van der Waals surface area contributed by atoms with Crippen molar-refractivity contribution in [2.75, 3.05) is 19.6 Å². The van der Waals surface area contributed by atoms with E-state index in [4.69, 9.17) is 0 Å². The molecule has 1 aliphatic heterocycles. The molecule has 2 amide bonds. The number of hydrogen-bond donors (Lipinski definition) is 1. The molecule has 5 heteroatoms. The first-order chi connectivity index (χ1) is 16.1. The van der Waals surface area contributed by atoms with Gasteiger partial charge in [0.05, 0.1) is 5.41 Å². The van der Waals surface area contributed by atoms with E-state index in [2.05, 4.69) is 29.0 Å². The van der Waals surface area contributed by atoms with Gasteiger partial charge in [-0.1, -0.05) is 36.8 Å². The molecule has 0 radical (unpaired) electrons. The van der Waals surface area contributed by atoms with Crippen LogP contribution in [0.1, 0.15) is 44.1 Å². The molecule has 172 valence electrons. The van der Waals surface area contributed by atoms with E-state index in [0.717, 1.165) is 42.5 Å². The number of likely N-dealkylation sites (tertiary alicyclic amines) is 1. The second kappa shape index (κ2) is 8.77. The standard InChI is InChI=1S/C28H33N3O2/c1-2-14-30-26(33)28(18-22-7-3-4-8-23(22)21-9-15-29-16-10-21)13-6-17-31(20-28)25(32)24-19-27(24)11-5-12-27/h2-4,7-10,15-16,24H,1,5-6,11-14,17-20H2,(H,30,33). The van der Waals surface area contributed by atoms with Crippen molar-refractivity contribution in [1.29, 1.82) is 0 Å². The summed E-state index contributed by atoms with van der Waals surface area (Å²) >= 11 is 0. The van der Waals surface area contributed by atoms with Gasteiger partial charge in [0.15, 0.2) is 0 Å². The molecule has 1 N–H and O–H groups in total. The molecular formula is C28H33N3O2. The van der Waals surface area contributed by atoms with Crippen LogP contribution in [0.25, 0.3) is 11.1 Å². The number of benzene rings is 1. The zero-order valence-corrected chi connectivity index (χ0v) is 19.3. The molecule has 2 aromatic rings. The number of hydrogen-bond acceptors (Lipinski definition) is 3. The SMILES string of the molecule is C=CCNC(=O)C1(Cc2ccccc2-c2ccncc2)CCCN(C(=O)C2CC23CCC3)C1. The highest BCUT2D eigenvalue weighted by Gasteiger charge is 2.62. The summed E-state index contributed by atoms with van der Waals surface area (Å²) in [6.45, 7) is 5.45. The number of nitrogens with zero attached hydrogens (tertiary/aromatic N) is 2. The maximum atomic E-state index is 13.6. The Bertz CT molecular complexity index is 1050. The van der Waals surface area contributed by atoms with Gasteiger partial charge in [0.25, 0.3) is 0 Å². The quantitative estimate of drug-likeness (QED) is 0.646. The first-order valence-corrected chi connectivity index (χ1v) is 12.2. The lowest BCUT2D eigenvalue weighted by Gasteiger charge is -2.42. The van der Waals surface area contributed by atoms with E-state index < -0.39 is 5.41 Å². The van der Waals surface area contributed by atoms with Crippen LogP contribution in [-0.4, -0.2) is 41.3 Å². The highest BCUT2D eigenvalue weighted by molar-refractivity contribution is 5.87. The van der Waals surface area contributed by atoms with Gasteiger partial charge in [0.2, 0.25) is 11.8 Å². The average Bonchev–Trinajstić information content (AvgIpc) is 3.60. The first kappa shape index (κ1) is 21.9. The number of carbonyl (C=O) groups is 2. The van der Waals surface area contributed by atoms with Crippen molar-refractivity contribution in [1.82, 2.24) is 15.2 Å². The molecule has 1 aromatic heterocycles. The number of piperidine rings is 1. The molecule has 0 bridgehead atoms. The number of aromatic nitrogens is 1. The lowest BCUT2D eigenvalue weighted by Crippen LogP contribution is -2.55. The van der Waals surface area contributed by atoms with E-state index in [-0.39, 0.29) is 17.7 Å². The molecule has 3 fully saturated rings. The van der Waals surface area contributed by atoms with Crippen LogP contribution >= 0.6 is 0 Å². The summed E-state index contributed by atoms with van der Waals surface area (Å²) in [4.78, 5) is 33.1. The molecule has 1 spiro atoms. The normalized spacial score (nSPS) is 25.2. The van der Waals surface area contributed by atoms with Gasteiger partial charge in [-0.25, -0.2) is 0 Å². The third-order valence-electron chi connectivity index (χ3n) is 8.15. The second-order valence-corrected chi connectivity index (χ2v) is 10.2. The first-order valence-electron chi connectivity index (χ1n) is 12.2. The Balaban J connectivity index is 1.43. The lowest BCUT2D eigenvalue weighted by atomic mass is 9.72. The number of rotatable bonds is 7. The predicted octanol–water partition coefficient (Wildman–Crippen LogP) is 4.39. The van der Waals surface area contributed by atoms with Crippen molar-refractivity contribution in [3.63, 3.8) is 0 Å². The van der Waals surface area contributed by atoms with Crippen LogP contribution in [0.2, 0.25) is 0 Å². The number of pyridine rings is 1. The molecule has 5 rings (SSSR count). The smallest absolute Gasteiger partial charge is 0.228 e. The molecule has 1 aromatic carbocycles. The Kier molecular flexibility index (Phi) is 5.81.